The van der Waals surface area contributed by atoms with E-state index in [4.69, 9.17) is 4.98 Å². The SMILES string of the molecule is Cc1c(-c2ccccc2)ncnc1C1C2CC3CC(C2)CC1C3. The van der Waals surface area contributed by atoms with E-state index in [1.54, 1.807) is 6.33 Å². The maximum Gasteiger partial charge on any atom is 0.116 e. The lowest BCUT2D eigenvalue weighted by molar-refractivity contribution is -0.00439. The number of aromatic nitrogens is 2. The predicted molar refractivity (Wildman–Crippen MR) is 92.0 cm³/mol. The highest BCUT2D eigenvalue weighted by Crippen LogP contribution is 2.59. The van der Waals surface area contributed by atoms with E-state index in [0.717, 1.165) is 29.4 Å². The van der Waals surface area contributed by atoms with Crippen molar-refractivity contribution in [3.63, 3.8) is 0 Å². The molecule has 0 atom stereocenters. The van der Waals surface area contributed by atoms with E-state index in [0.29, 0.717) is 5.92 Å². The molecule has 23 heavy (non-hydrogen) atoms. The summed E-state index contributed by atoms with van der Waals surface area (Å²) >= 11 is 0. The second kappa shape index (κ2) is 5.15. The Morgan fingerprint density at radius 2 is 1.48 bits per heavy atom. The van der Waals surface area contributed by atoms with Crippen molar-refractivity contribution >= 4 is 0 Å². The fraction of sp³-hybridized carbons (Fsp3) is 0.524. The number of hydrogen-bond donors (Lipinski definition) is 0. The summed E-state index contributed by atoms with van der Waals surface area (Å²) in [6.07, 6.45) is 9.10. The van der Waals surface area contributed by atoms with E-state index < -0.39 is 0 Å². The predicted octanol–water partition coefficient (Wildman–Crippen LogP) is 4.99. The Morgan fingerprint density at radius 1 is 0.826 bits per heavy atom. The van der Waals surface area contributed by atoms with E-state index >= 15 is 0 Å². The zero-order chi connectivity index (χ0) is 15.4. The van der Waals surface area contributed by atoms with Gasteiger partial charge in [-0.2, -0.15) is 0 Å². The first kappa shape index (κ1) is 13.7. The topological polar surface area (TPSA) is 25.8 Å². The third-order valence-electron chi connectivity index (χ3n) is 6.71. The molecule has 4 bridgehead atoms. The zero-order valence-electron chi connectivity index (χ0n) is 13.8. The van der Waals surface area contributed by atoms with Crippen molar-refractivity contribution in [2.24, 2.45) is 23.7 Å². The van der Waals surface area contributed by atoms with Crippen molar-refractivity contribution < 1.29 is 0 Å². The van der Waals surface area contributed by atoms with E-state index in [2.05, 4.69) is 42.2 Å². The molecule has 1 heterocycles. The maximum atomic E-state index is 4.80. The van der Waals surface area contributed by atoms with Crippen molar-refractivity contribution in [1.82, 2.24) is 9.97 Å². The van der Waals surface area contributed by atoms with Crippen LogP contribution >= 0.6 is 0 Å². The second-order valence-electron chi connectivity index (χ2n) is 8.06. The lowest BCUT2D eigenvalue weighted by atomic mass is 9.51. The van der Waals surface area contributed by atoms with Crippen LogP contribution in [0, 0.1) is 30.6 Å². The number of nitrogens with zero attached hydrogens (tertiary/aromatic N) is 2. The van der Waals surface area contributed by atoms with Crippen LogP contribution in [0.3, 0.4) is 0 Å². The molecule has 4 fully saturated rings. The molecule has 2 aromatic rings. The average Bonchev–Trinajstić information content (AvgIpc) is 2.56. The summed E-state index contributed by atoms with van der Waals surface area (Å²) in [4.78, 5) is 9.41. The van der Waals surface area contributed by atoms with Gasteiger partial charge in [0.25, 0.3) is 0 Å². The Bertz CT molecular complexity index is 694. The minimum absolute atomic E-state index is 0.688. The summed E-state index contributed by atoms with van der Waals surface area (Å²) in [6, 6.07) is 10.6. The zero-order valence-corrected chi connectivity index (χ0v) is 13.8. The van der Waals surface area contributed by atoms with Gasteiger partial charge < -0.3 is 0 Å². The van der Waals surface area contributed by atoms with Crippen LogP contribution in [0.25, 0.3) is 11.3 Å². The van der Waals surface area contributed by atoms with Crippen molar-refractivity contribution in [3.05, 3.63) is 47.9 Å². The van der Waals surface area contributed by atoms with Crippen LogP contribution in [0.5, 0.6) is 0 Å². The molecule has 0 amide bonds. The summed E-state index contributed by atoms with van der Waals surface area (Å²) in [5.74, 6) is 4.48. The van der Waals surface area contributed by atoms with Crippen LogP contribution in [0.4, 0.5) is 0 Å². The molecule has 2 heteroatoms. The molecule has 4 aliphatic rings. The van der Waals surface area contributed by atoms with Gasteiger partial charge >= 0.3 is 0 Å². The molecule has 0 radical (unpaired) electrons. The number of benzene rings is 1. The van der Waals surface area contributed by atoms with Crippen LogP contribution in [0.1, 0.15) is 49.3 Å². The summed E-state index contributed by atoms with van der Waals surface area (Å²) in [6.45, 7) is 2.24. The van der Waals surface area contributed by atoms with Gasteiger partial charge in [-0.1, -0.05) is 30.3 Å². The highest BCUT2D eigenvalue weighted by atomic mass is 14.9. The Morgan fingerprint density at radius 3 is 2.13 bits per heavy atom. The normalized spacial score (nSPS) is 34.7. The molecule has 0 unspecified atom stereocenters. The minimum Gasteiger partial charge on any atom is -0.241 e. The van der Waals surface area contributed by atoms with Gasteiger partial charge in [0.15, 0.2) is 0 Å². The highest BCUT2D eigenvalue weighted by molar-refractivity contribution is 5.63. The molecule has 4 aliphatic carbocycles. The molecule has 118 valence electrons. The third kappa shape index (κ3) is 2.14. The third-order valence-corrected chi connectivity index (χ3v) is 6.71. The Kier molecular flexibility index (Phi) is 3.07. The van der Waals surface area contributed by atoms with E-state index in [1.807, 2.05) is 0 Å². The van der Waals surface area contributed by atoms with Crippen LogP contribution < -0.4 is 0 Å². The second-order valence-corrected chi connectivity index (χ2v) is 8.06. The van der Waals surface area contributed by atoms with Crippen LogP contribution in [0.2, 0.25) is 0 Å². The molecular weight excluding hydrogens is 280 g/mol. The van der Waals surface area contributed by atoms with E-state index in [1.165, 1.54) is 48.9 Å². The van der Waals surface area contributed by atoms with Crippen LogP contribution in [-0.4, -0.2) is 9.97 Å². The molecule has 0 aliphatic heterocycles. The summed E-state index contributed by atoms with van der Waals surface area (Å²) < 4.78 is 0. The molecule has 0 N–H and O–H groups in total. The summed E-state index contributed by atoms with van der Waals surface area (Å²) in [7, 11) is 0. The lowest BCUT2D eigenvalue weighted by Crippen LogP contribution is -2.44. The summed E-state index contributed by atoms with van der Waals surface area (Å²) in [5, 5.41) is 0. The van der Waals surface area contributed by atoms with Gasteiger partial charge in [0.05, 0.1) is 11.4 Å². The van der Waals surface area contributed by atoms with Crippen molar-refractivity contribution in [3.8, 4) is 11.3 Å². The Labute approximate surface area is 138 Å². The fourth-order valence-electron chi connectivity index (χ4n) is 6.06. The lowest BCUT2D eigenvalue weighted by Gasteiger charge is -2.54. The first-order valence-corrected chi connectivity index (χ1v) is 9.16. The minimum atomic E-state index is 0.688. The van der Waals surface area contributed by atoms with Gasteiger partial charge in [-0.25, -0.2) is 9.97 Å². The van der Waals surface area contributed by atoms with E-state index in [-0.39, 0.29) is 0 Å². The standard InChI is InChI=1S/C21H24N2/c1-13-20(16-5-3-2-4-6-16)22-12-23-21(13)19-17-8-14-7-15(10-17)11-18(19)9-14/h2-6,12,14-15,17-19H,7-11H2,1H3. The number of rotatable bonds is 2. The molecule has 0 spiro atoms. The summed E-state index contributed by atoms with van der Waals surface area (Å²) in [5.41, 5.74) is 5.02. The average molecular weight is 304 g/mol. The molecule has 4 saturated carbocycles. The first-order chi connectivity index (χ1) is 11.3. The molecule has 6 rings (SSSR count). The Balaban J connectivity index is 1.57. The molecular formula is C21H24N2. The smallest absolute Gasteiger partial charge is 0.116 e. The van der Waals surface area contributed by atoms with Gasteiger partial charge in [-0.05, 0) is 68.3 Å². The highest BCUT2D eigenvalue weighted by Gasteiger charge is 2.49. The van der Waals surface area contributed by atoms with Gasteiger partial charge in [-0.3, -0.25) is 0 Å². The van der Waals surface area contributed by atoms with E-state index in [9.17, 15) is 0 Å². The monoisotopic (exact) mass is 304 g/mol. The molecule has 0 saturated heterocycles. The van der Waals surface area contributed by atoms with Crippen molar-refractivity contribution in [1.29, 1.82) is 0 Å². The molecule has 1 aromatic carbocycles. The fourth-order valence-corrected chi connectivity index (χ4v) is 6.06. The van der Waals surface area contributed by atoms with Crippen molar-refractivity contribution in [2.45, 2.75) is 44.9 Å². The van der Waals surface area contributed by atoms with Gasteiger partial charge in [0.2, 0.25) is 0 Å². The van der Waals surface area contributed by atoms with Crippen molar-refractivity contribution in [2.75, 3.05) is 0 Å². The van der Waals surface area contributed by atoms with Crippen LogP contribution in [-0.2, 0) is 0 Å². The maximum absolute atomic E-state index is 4.80. The number of hydrogen-bond acceptors (Lipinski definition) is 2. The van der Waals surface area contributed by atoms with Gasteiger partial charge in [0.1, 0.15) is 6.33 Å². The Hall–Kier alpha value is -1.70. The quantitative estimate of drug-likeness (QED) is 0.781. The molecule has 2 nitrogen and oxygen atoms in total. The van der Waals surface area contributed by atoms with Gasteiger partial charge in [0, 0.05) is 11.5 Å². The molecule has 1 aromatic heterocycles. The van der Waals surface area contributed by atoms with Gasteiger partial charge in [-0.15, -0.1) is 0 Å². The largest absolute Gasteiger partial charge is 0.241 e. The van der Waals surface area contributed by atoms with Crippen LogP contribution in [0.15, 0.2) is 36.7 Å². The first-order valence-electron chi connectivity index (χ1n) is 9.16.